The lowest BCUT2D eigenvalue weighted by Gasteiger charge is -2.26. The van der Waals surface area contributed by atoms with Crippen molar-refractivity contribution in [2.75, 3.05) is 0 Å². The van der Waals surface area contributed by atoms with Crippen molar-refractivity contribution in [3.05, 3.63) is 72.3 Å². The summed E-state index contributed by atoms with van der Waals surface area (Å²) in [4.78, 5) is 0. The Morgan fingerprint density at radius 2 is 1.44 bits per heavy atom. The van der Waals surface area contributed by atoms with Crippen molar-refractivity contribution in [2.24, 2.45) is 5.73 Å². The van der Waals surface area contributed by atoms with Gasteiger partial charge in [0.15, 0.2) is 0 Å². The third-order valence-corrected chi connectivity index (χ3v) is 5.24. The van der Waals surface area contributed by atoms with Gasteiger partial charge in [-0.1, -0.05) is 60.7 Å². The molecule has 3 aromatic rings. The molecule has 25 heavy (non-hydrogen) atoms. The van der Waals surface area contributed by atoms with Gasteiger partial charge in [-0.15, -0.1) is 0 Å². The number of fused-ring (bicyclic) bond motifs is 1. The fourth-order valence-corrected chi connectivity index (χ4v) is 3.63. The molecule has 1 aliphatic carbocycles. The molecule has 0 aliphatic heterocycles. The third-order valence-electron chi connectivity index (χ3n) is 5.24. The van der Waals surface area contributed by atoms with Crippen LogP contribution in [0.3, 0.4) is 0 Å². The summed E-state index contributed by atoms with van der Waals surface area (Å²) in [5, 5.41) is 2.56. The lowest BCUT2D eigenvalue weighted by Crippen LogP contribution is -2.30. The molecule has 128 valence electrons. The van der Waals surface area contributed by atoms with Crippen LogP contribution in [0.4, 0.5) is 0 Å². The summed E-state index contributed by atoms with van der Waals surface area (Å²) >= 11 is 0. The number of nitrogens with two attached hydrogens (primary N) is 1. The van der Waals surface area contributed by atoms with Gasteiger partial charge in [-0.3, -0.25) is 0 Å². The minimum Gasteiger partial charge on any atom is -0.374 e. The molecule has 0 unspecified atom stereocenters. The second-order valence-electron chi connectivity index (χ2n) is 7.11. The molecule has 2 nitrogen and oxygen atoms in total. The largest absolute Gasteiger partial charge is 0.374 e. The maximum absolute atomic E-state index is 6.07. The Bertz CT molecular complexity index is 832. The maximum atomic E-state index is 6.07. The zero-order valence-electron chi connectivity index (χ0n) is 14.5. The zero-order chi connectivity index (χ0) is 17.1. The lowest BCUT2D eigenvalue weighted by atomic mass is 9.94. The molecule has 0 aromatic heterocycles. The molecule has 0 amide bonds. The van der Waals surface area contributed by atoms with E-state index in [0.717, 1.165) is 25.7 Å². The summed E-state index contributed by atoms with van der Waals surface area (Å²) in [6, 6.07) is 24.2. The lowest BCUT2D eigenvalue weighted by molar-refractivity contribution is 0.0138. The van der Waals surface area contributed by atoms with E-state index in [2.05, 4.69) is 66.7 Å². The smallest absolute Gasteiger partial charge is 0.0720 e. The summed E-state index contributed by atoms with van der Waals surface area (Å²) in [7, 11) is 0. The molecular formula is C23H25NO. The topological polar surface area (TPSA) is 35.2 Å². The fraction of sp³-hybridized carbons (Fsp3) is 0.304. The SMILES string of the molecule is NC1CCC(OCc2ccc(-c3ccc4ccccc4c3)cc2)CC1. The summed E-state index contributed by atoms with van der Waals surface area (Å²) in [5.74, 6) is 0. The van der Waals surface area contributed by atoms with Gasteiger partial charge in [0, 0.05) is 6.04 Å². The van der Waals surface area contributed by atoms with Crippen LogP contribution >= 0.6 is 0 Å². The Balaban J connectivity index is 1.42. The van der Waals surface area contributed by atoms with E-state index < -0.39 is 0 Å². The molecule has 0 spiro atoms. The van der Waals surface area contributed by atoms with E-state index in [9.17, 15) is 0 Å². The molecule has 1 saturated carbocycles. The second kappa shape index (κ2) is 7.38. The van der Waals surface area contributed by atoms with Crippen LogP contribution < -0.4 is 5.73 Å². The molecule has 1 aliphatic rings. The highest BCUT2D eigenvalue weighted by molar-refractivity contribution is 5.87. The van der Waals surface area contributed by atoms with Gasteiger partial charge in [-0.2, -0.15) is 0 Å². The van der Waals surface area contributed by atoms with Crippen LogP contribution in [0.2, 0.25) is 0 Å². The Labute approximate surface area is 149 Å². The predicted molar refractivity (Wildman–Crippen MR) is 104 cm³/mol. The molecule has 2 N–H and O–H groups in total. The van der Waals surface area contributed by atoms with Crippen molar-refractivity contribution in [3.8, 4) is 11.1 Å². The Hall–Kier alpha value is -2.16. The number of rotatable bonds is 4. The summed E-state index contributed by atoms with van der Waals surface area (Å²) in [6.07, 6.45) is 4.74. The van der Waals surface area contributed by atoms with Gasteiger partial charge in [-0.25, -0.2) is 0 Å². The van der Waals surface area contributed by atoms with E-state index in [0.29, 0.717) is 18.8 Å². The van der Waals surface area contributed by atoms with Crippen molar-refractivity contribution in [3.63, 3.8) is 0 Å². The molecule has 2 heteroatoms. The average Bonchev–Trinajstić information content (AvgIpc) is 2.68. The summed E-state index contributed by atoms with van der Waals surface area (Å²) in [6.45, 7) is 0.692. The minimum atomic E-state index is 0.375. The van der Waals surface area contributed by atoms with E-state index in [1.165, 1.54) is 27.5 Å². The van der Waals surface area contributed by atoms with Crippen LogP contribution in [-0.4, -0.2) is 12.1 Å². The Kier molecular flexibility index (Phi) is 4.82. The quantitative estimate of drug-likeness (QED) is 0.704. The number of benzene rings is 3. The first-order valence-electron chi connectivity index (χ1n) is 9.23. The monoisotopic (exact) mass is 331 g/mol. The number of hydrogen-bond acceptors (Lipinski definition) is 2. The van der Waals surface area contributed by atoms with Crippen LogP contribution in [0.1, 0.15) is 31.2 Å². The highest BCUT2D eigenvalue weighted by Crippen LogP contribution is 2.25. The van der Waals surface area contributed by atoms with E-state index in [1.54, 1.807) is 0 Å². The van der Waals surface area contributed by atoms with Gasteiger partial charge in [0.2, 0.25) is 0 Å². The highest BCUT2D eigenvalue weighted by Gasteiger charge is 2.18. The normalized spacial score (nSPS) is 20.7. The van der Waals surface area contributed by atoms with E-state index >= 15 is 0 Å². The molecule has 0 heterocycles. The molecule has 0 bridgehead atoms. The van der Waals surface area contributed by atoms with Gasteiger partial charge in [0.25, 0.3) is 0 Å². The van der Waals surface area contributed by atoms with Crippen LogP contribution in [0.5, 0.6) is 0 Å². The Morgan fingerprint density at radius 1 is 0.760 bits per heavy atom. The van der Waals surface area contributed by atoms with Crippen LogP contribution in [0.15, 0.2) is 66.7 Å². The first-order valence-corrected chi connectivity index (χ1v) is 9.23. The third kappa shape index (κ3) is 3.92. The van der Waals surface area contributed by atoms with Crippen molar-refractivity contribution in [2.45, 2.75) is 44.4 Å². The maximum Gasteiger partial charge on any atom is 0.0720 e. The zero-order valence-corrected chi connectivity index (χ0v) is 14.5. The number of hydrogen-bond donors (Lipinski definition) is 1. The van der Waals surface area contributed by atoms with Gasteiger partial charge in [0.1, 0.15) is 0 Å². The molecule has 0 atom stereocenters. The van der Waals surface area contributed by atoms with E-state index in [1.807, 2.05) is 0 Å². The molecule has 0 radical (unpaired) electrons. The Morgan fingerprint density at radius 3 is 2.20 bits per heavy atom. The first kappa shape index (κ1) is 16.3. The molecular weight excluding hydrogens is 306 g/mol. The van der Waals surface area contributed by atoms with Crippen molar-refractivity contribution in [1.29, 1.82) is 0 Å². The number of ether oxygens (including phenoxy) is 1. The van der Waals surface area contributed by atoms with Crippen LogP contribution in [-0.2, 0) is 11.3 Å². The minimum absolute atomic E-state index is 0.375. The molecule has 1 fully saturated rings. The van der Waals surface area contributed by atoms with Crippen LogP contribution in [0.25, 0.3) is 21.9 Å². The van der Waals surface area contributed by atoms with E-state index in [4.69, 9.17) is 10.5 Å². The predicted octanol–water partition coefficient (Wildman–Crippen LogP) is 5.29. The highest BCUT2D eigenvalue weighted by atomic mass is 16.5. The molecule has 3 aromatic carbocycles. The molecule has 0 saturated heterocycles. The van der Waals surface area contributed by atoms with Gasteiger partial charge in [-0.05, 0) is 59.2 Å². The van der Waals surface area contributed by atoms with Crippen molar-refractivity contribution in [1.82, 2.24) is 0 Å². The summed E-state index contributed by atoms with van der Waals surface area (Å²) in [5.41, 5.74) is 9.70. The van der Waals surface area contributed by atoms with Gasteiger partial charge in [0.05, 0.1) is 12.7 Å². The summed E-state index contributed by atoms with van der Waals surface area (Å²) < 4.78 is 6.07. The fourth-order valence-electron chi connectivity index (χ4n) is 3.63. The van der Waals surface area contributed by atoms with Crippen molar-refractivity contribution < 1.29 is 4.74 Å². The van der Waals surface area contributed by atoms with Gasteiger partial charge >= 0.3 is 0 Å². The van der Waals surface area contributed by atoms with Crippen LogP contribution in [0, 0.1) is 0 Å². The second-order valence-corrected chi connectivity index (χ2v) is 7.11. The van der Waals surface area contributed by atoms with Gasteiger partial charge < -0.3 is 10.5 Å². The standard InChI is InChI=1S/C23H25NO/c24-22-11-13-23(14-12-22)25-16-17-5-7-19(8-6-17)21-10-9-18-3-1-2-4-20(18)15-21/h1-10,15,22-23H,11-14,16,24H2. The van der Waals surface area contributed by atoms with Crippen molar-refractivity contribution >= 4 is 10.8 Å². The average molecular weight is 331 g/mol. The molecule has 4 rings (SSSR count). The first-order chi connectivity index (χ1) is 12.3. The van der Waals surface area contributed by atoms with E-state index in [-0.39, 0.29) is 0 Å².